The van der Waals surface area contributed by atoms with Gasteiger partial charge in [0, 0.05) is 0 Å². The Morgan fingerprint density at radius 2 is 0.897 bits per heavy atom. The van der Waals surface area contributed by atoms with Crippen LogP contribution in [0.4, 0.5) is 35.1 Å². The Morgan fingerprint density at radius 3 is 1.28 bits per heavy atom. The summed E-state index contributed by atoms with van der Waals surface area (Å²) in [6.45, 7) is 3.47. The quantitative estimate of drug-likeness (QED) is 0.301. The highest BCUT2D eigenvalue weighted by Gasteiger charge is 2.33. The molecule has 0 unspecified atom stereocenters. The first-order valence-corrected chi connectivity index (χ1v) is 7.82. The van der Waals surface area contributed by atoms with Crippen molar-refractivity contribution in [3.05, 3.63) is 82.9 Å². The predicted octanol–water partition coefficient (Wildman–Crippen LogP) is 5.57. The fourth-order valence-electron chi connectivity index (χ4n) is 2.76. The number of rotatable bonds is 3. The molecular formula is C20H7BF8. The topological polar surface area (TPSA) is 0 Å². The van der Waals surface area contributed by atoms with Gasteiger partial charge in [-0.05, 0) is 16.6 Å². The fraction of sp³-hybridized carbons (Fsp3) is 0. The van der Waals surface area contributed by atoms with E-state index in [1.807, 2.05) is 0 Å². The van der Waals surface area contributed by atoms with Gasteiger partial charge in [0.1, 0.15) is 7.85 Å². The normalized spacial score (nSPS) is 11.0. The van der Waals surface area contributed by atoms with E-state index in [1.165, 1.54) is 18.2 Å². The summed E-state index contributed by atoms with van der Waals surface area (Å²) in [6, 6.07) is 4.94. The van der Waals surface area contributed by atoms with Gasteiger partial charge in [0.2, 0.25) is 0 Å². The molecule has 0 spiro atoms. The molecule has 0 nitrogen and oxygen atoms in total. The van der Waals surface area contributed by atoms with Crippen molar-refractivity contribution in [1.29, 1.82) is 0 Å². The second kappa shape index (κ2) is 7.38. The highest BCUT2D eigenvalue weighted by atomic mass is 19.2. The SMILES string of the molecule is [B]c1c(F)c(F)c(-c2c(F)c(F)c(-c3ccc(C=C)cc3)c(F)c2F)c(F)c1F. The van der Waals surface area contributed by atoms with Crippen molar-refractivity contribution >= 4 is 19.4 Å². The van der Waals surface area contributed by atoms with E-state index in [0.29, 0.717) is 5.56 Å². The Morgan fingerprint density at radius 1 is 0.552 bits per heavy atom. The van der Waals surface area contributed by atoms with E-state index in [-0.39, 0.29) is 5.56 Å². The minimum absolute atomic E-state index is 0.300. The van der Waals surface area contributed by atoms with Crippen molar-refractivity contribution < 1.29 is 35.1 Å². The van der Waals surface area contributed by atoms with E-state index in [2.05, 4.69) is 6.58 Å². The molecule has 0 saturated heterocycles. The van der Waals surface area contributed by atoms with Crippen molar-refractivity contribution in [3.63, 3.8) is 0 Å². The lowest BCUT2D eigenvalue weighted by Crippen LogP contribution is -2.20. The van der Waals surface area contributed by atoms with Gasteiger partial charge in [-0.25, -0.2) is 35.1 Å². The smallest absolute Gasteiger partial charge is 0.170 e. The first-order valence-electron chi connectivity index (χ1n) is 7.82. The van der Waals surface area contributed by atoms with Gasteiger partial charge >= 0.3 is 0 Å². The molecule has 0 aliphatic heterocycles. The molecule has 0 aliphatic carbocycles. The van der Waals surface area contributed by atoms with E-state index >= 15 is 0 Å². The van der Waals surface area contributed by atoms with Crippen LogP contribution in [-0.2, 0) is 0 Å². The zero-order valence-corrected chi connectivity index (χ0v) is 14.2. The summed E-state index contributed by atoms with van der Waals surface area (Å²) < 4.78 is 114. The molecule has 0 atom stereocenters. The Balaban J connectivity index is 2.37. The second-order valence-corrected chi connectivity index (χ2v) is 5.88. The van der Waals surface area contributed by atoms with Crippen LogP contribution in [-0.4, -0.2) is 7.85 Å². The highest BCUT2D eigenvalue weighted by molar-refractivity contribution is 6.32. The van der Waals surface area contributed by atoms with Crippen LogP contribution in [0.3, 0.4) is 0 Å². The molecule has 29 heavy (non-hydrogen) atoms. The van der Waals surface area contributed by atoms with E-state index in [0.717, 1.165) is 12.1 Å². The van der Waals surface area contributed by atoms with Crippen LogP contribution in [0.2, 0.25) is 0 Å². The molecule has 3 aromatic carbocycles. The second-order valence-electron chi connectivity index (χ2n) is 5.88. The zero-order valence-electron chi connectivity index (χ0n) is 14.2. The molecule has 0 bridgehead atoms. The fourth-order valence-corrected chi connectivity index (χ4v) is 2.76. The van der Waals surface area contributed by atoms with Crippen LogP contribution < -0.4 is 5.46 Å². The molecule has 0 aromatic heterocycles. The Kier molecular flexibility index (Phi) is 5.25. The lowest BCUT2D eigenvalue weighted by molar-refractivity contribution is 0.448. The standard InChI is InChI=1S/C20H7BF8/c1-2-7-3-5-8(6-4-7)9-13(22)15(24)10(16(25)14(9)23)11-17(26)19(28)12(21)20(29)18(11)27/h2-6H,1H2. The Hall–Kier alpha value is -3.10. The van der Waals surface area contributed by atoms with Crippen LogP contribution in [0.5, 0.6) is 0 Å². The van der Waals surface area contributed by atoms with Gasteiger partial charge in [-0.1, -0.05) is 36.9 Å². The number of halogens is 8. The molecule has 0 fully saturated rings. The van der Waals surface area contributed by atoms with Gasteiger partial charge < -0.3 is 0 Å². The number of benzene rings is 3. The molecule has 3 aromatic rings. The van der Waals surface area contributed by atoms with Crippen LogP contribution in [0.25, 0.3) is 28.3 Å². The number of hydrogen-bond donors (Lipinski definition) is 0. The lowest BCUT2D eigenvalue weighted by atomic mass is 9.89. The zero-order chi connectivity index (χ0) is 21.6. The van der Waals surface area contributed by atoms with Crippen molar-refractivity contribution in [2.45, 2.75) is 0 Å². The molecule has 0 aliphatic rings. The van der Waals surface area contributed by atoms with Gasteiger partial charge in [0.05, 0.1) is 16.7 Å². The Bertz CT molecular complexity index is 1090. The predicted molar refractivity (Wildman–Crippen MR) is 92.5 cm³/mol. The monoisotopic (exact) mass is 410 g/mol. The van der Waals surface area contributed by atoms with Crippen LogP contribution in [0, 0.1) is 46.5 Å². The van der Waals surface area contributed by atoms with E-state index in [4.69, 9.17) is 7.85 Å². The molecule has 9 heteroatoms. The molecule has 146 valence electrons. The first kappa shape index (κ1) is 20.6. The summed E-state index contributed by atoms with van der Waals surface area (Å²) in [7, 11) is 4.82. The third-order valence-corrected chi connectivity index (χ3v) is 4.25. The average molecular weight is 410 g/mol. The van der Waals surface area contributed by atoms with Crippen molar-refractivity contribution in [1.82, 2.24) is 0 Å². The third-order valence-electron chi connectivity index (χ3n) is 4.25. The minimum Gasteiger partial charge on any atom is -0.204 e. The van der Waals surface area contributed by atoms with Crippen LogP contribution >= 0.6 is 0 Å². The summed E-state index contributed by atoms with van der Waals surface area (Å²) in [5.74, 6) is -17.4. The molecule has 0 N–H and O–H groups in total. The van der Waals surface area contributed by atoms with Crippen molar-refractivity contribution in [2.75, 3.05) is 0 Å². The average Bonchev–Trinajstić information content (AvgIpc) is 2.72. The largest absolute Gasteiger partial charge is 0.204 e. The highest BCUT2D eigenvalue weighted by Crippen LogP contribution is 2.39. The summed E-state index contributed by atoms with van der Waals surface area (Å²) in [5.41, 5.74) is -6.44. The van der Waals surface area contributed by atoms with E-state index < -0.39 is 68.7 Å². The van der Waals surface area contributed by atoms with Gasteiger partial charge in [-0.2, -0.15) is 0 Å². The van der Waals surface area contributed by atoms with Crippen LogP contribution in [0.15, 0.2) is 30.8 Å². The van der Waals surface area contributed by atoms with Gasteiger partial charge in [0.25, 0.3) is 0 Å². The summed E-state index contributed by atoms with van der Waals surface area (Å²) in [6.07, 6.45) is 1.40. The van der Waals surface area contributed by atoms with Crippen molar-refractivity contribution in [3.8, 4) is 22.3 Å². The molecule has 2 radical (unpaired) electrons. The molecular weight excluding hydrogens is 403 g/mol. The maximum absolute atomic E-state index is 14.5. The lowest BCUT2D eigenvalue weighted by Gasteiger charge is -2.15. The Labute approximate surface area is 160 Å². The van der Waals surface area contributed by atoms with Gasteiger partial charge in [-0.15, -0.1) is 0 Å². The summed E-state index contributed by atoms with van der Waals surface area (Å²) in [5, 5.41) is 0. The summed E-state index contributed by atoms with van der Waals surface area (Å²) in [4.78, 5) is 0. The first-order chi connectivity index (χ1) is 13.6. The molecule has 3 rings (SSSR count). The van der Waals surface area contributed by atoms with Crippen LogP contribution in [0.1, 0.15) is 5.56 Å². The van der Waals surface area contributed by atoms with Gasteiger partial charge in [-0.3, -0.25) is 0 Å². The minimum atomic E-state index is -2.30. The van der Waals surface area contributed by atoms with Gasteiger partial charge in [0.15, 0.2) is 46.5 Å². The summed E-state index contributed by atoms with van der Waals surface area (Å²) >= 11 is 0. The maximum Gasteiger partial charge on any atom is 0.170 e. The third kappa shape index (κ3) is 3.10. The maximum atomic E-state index is 14.5. The molecule has 0 heterocycles. The molecule has 0 amide bonds. The van der Waals surface area contributed by atoms with E-state index in [9.17, 15) is 35.1 Å². The molecule has 0 saturated carbocycles. The van der Waals surface area contributed by atoms with E-state index in [1.54, 1.807) is 0 Å². The number of hydrogen-bond acceptors (Lipinski definition) is 0. The van der Waals surface area contributed by atoms with Crippen molar-refractivity contribution in [2.24, 2.45) is 0 Å².